The fourth-order valence-electron chi connectivity index (χ4n) is 1.47. The second-order valence-corrected chi connectivity index (χ2v) is 7.79. The third kappa shape index (κ3) is 3.09. The van der Waals surface area contributed by atoms with E-state index in [1.54, 1.807) is 24.3 Å². The lowest BCUT2D eigenvalue weighted by Crippen LogP contribution is -2.16. The number of rotatable bonds is 3. The first-order valence-electron chi connectivity index (χ1n) is 5.55. The number of benzene rings is 2. The minimum atomic E-state index is -1.52. The van der Waals surface area contributed by atoms with Crippen LogP contribution in [-0.2, 0) is 20.4 Å². The summed E-state index contributed by atoms with van der Waals surface area (Å²) in [5.74, 6) is 0. The first-order chi connectivity index (χ1) is 8.58. The van der Waals surface area contributed by atoms with Gasteiger partial charge in [0.15, 0.2) is 0 Å². The minimum absolute atomic E-state index is 0.597. The Labute approximate surface area is 113 Å². The van der Waals surface area contributed by atoms with Gasteiger partial charge in [0, 0.05) is 0 Å². The molecule has 2 atom stereocenters. The molecule has 4 heteroatoms. The summed E-state index contributed by atoms with van der Waals surface area (Å²) in [6, 6.07) is 14.5. The summed E-state index contributed by atoms with van der Waals surface area (Å²) >= 11 is 0. The molecule has 2 rings (SSSR count). The van der Waals surface area contributed by atoms with Gasteiger partial charge in [-0.25, -0.2) is 0 Å². The van der Waals surface area contributed by atoms with E-state index in [1.165, 1.54) is 0 Å². The Morgan fingerprint density at radius 2 is 0.889 bits per heavy atom. The van der Waals surface area contributed by atoms with Crippen LogP contribution in [0, 0.1) is 13.8 Å². The summed E-state index contributed by atoms with van der Waals surface area (Å²) in [6.45, 7) is 3.92. The first-order valence-corrected chi connectivity index (χ1v) is 8.37. The number of aryl methyl sites for hydroxylation is 2. The van der Waals surface area contributed by atoms with Crippen LogP contribution in [0.25, 0.3) is 0 Å². The van der Waals surface area contributed by atoms with E-state index >= 15 is 0 Å². The quantitative estimate of drug-likeness (QED) is 0.639. The highest BCUT2D eigenvalue weighted by atomic mass is 33.2. The number of hydrogen-bond acceptors (Lipinski definition) is 2. The molecule has 0 saturated carbocycles. The van der Waals surface area contributed by atoms with Gasteiger partial charge in [-0.1, -0.05) is 35.4 Å². The molecule has 0 spiro atoms. The molecular weight excluding hydrogens is 264 g/mol. The molecule has 2 aromatic rings. The van der Waals surface area contributed by atoms with Gasteiger partial charge in [-0.15, -0.1) is 0 Å². The van der Waals surface area contributed by atoms with Crippen LogP contribution < -0.4 is 0 Å². The molecule has 2 aromatic carbocycles. The summed E-state index contributed by atoms with van der Waals surface area (Å²) in [5.41, 5.74) is 2.19. The molecule has 18 heavy (non-hydrogen) atoms. The molecule has 2 unspecified atom stereocenters. The molecule has 0 aliphatic carbocycles. The van der Waals surface area contributed by atoms with Crippen molar-refractivity contribution in [1.82, 2.24) is 0 Å². The minimum Gasteiger partial charge on any atom is -0.566 e. The zero-order valence-electron chi connectivity index (χ0n) is 10.3. The van der Waals surface area contributed by atoms with Gasteiger partial charge < -0.3 is 9.11 Å². The standard InChI is InChI=1S/C14H14O2S2/c1-11-3-7-13(8-4-11)17(15)18(16)14-9-5-12(2)6-10-14/h3-10H,1-2H3. The lowest BCUT2D eigenvalue weighted by Gasteiger charge is -2.11. The maximum absolute atomic E-state index is 12.2. The Kier molecular flexibility index (Phi) is 4.35. The van der Waals surface area contributed by atoms with Gasteiger partial charge in [0.2, 0.25) is 30.2 Å². The highest BCUT2D eigenvalue weighted by Crippen LogP contribution is 2.24. The highest BCUT2D eigenvalue weighted by Gasteiger charge is 2.30. The van der Waals surface area contributed by atoms with E-state index in [0.717, 1.165) is 11.1 Å². The summed E-state index contributed by atoms with van der Waals surface area (Å²) in [4.78, 5) is 1.19. The zero-order chi connectivity index (χ0) is 13.1. The van der Waals surface area contributed by atoms with Crippen LogP contribution in [0.4, 0.5) is 0 Å². The van der Waals surface area contributed by atoms with Gasteiger partial charge in [-0.05, 0) is 38.1 Å². The number of hydrogen-bond donors (Lipinski definition) is 0. The van der Waals surface area contributed by atoms with Crippen molar-refractivity contribution < 1.29 is 9.11 Å². The maximum Gasteiger partial charge on any atom is 0.216 e. The zero-order valence-corrected chi connectivity index (χ0v) is 11.9. The van der Waals surface area contributed by atoms with Crippen molar-refractivity contribution in [3.63, 3.8) is 0 Å². The molecule has 0 N–H and O–H groups in total. The smallest absolute Gasteiger partial charge is 0.216 e. The Morgan fingerprint density at radius 3 is 1.17 bits per heavy atom. The van der Waals surface area contributed by atoms with E-state index in [9.17, 15) is 9.11 Å². The fourth-order valence-corrected chi connectivity index (χ4v) is 4.26. The maximum atomic E-state index is 12.2. The van der Waals surface area contributed by atoms with E-state index < -0.39 is 20.4 Å². The van der Waals surface area contributed by atoms with Crippen molar-refractivity contribution in [2.75, 3.05) is 0 Å². The van der Waals surface area contributed by atoms with Crippen LogP contribution in [0.3, 0.4) is 0 Å². The molecule has 0 fully saturated rings. The Balaban J connectivity index is 2.20. The van der Waals surface area contributed by atoms with Crippen LogP contribution in [-0.4, -0.2) is 9.11 Å². The van der Waals surface area contributed by atoms with Gasteiger partial charge >= 0.3 is 0 Å². The van der Waals surface area contributed by atoms with Crippen LogP contribution in [0.15, 0.2) is 58.3 Å². The van der Waals surface area contributed by atoms with Gasteiger partial charge in [0.25, 0.3) is 0 Å². The summed E-state index contributed by atoms with van der Waals surface area (Å²) in [5, 5.41) is 0. The van der Waals surface area contributed by atoms with Crippen LogP contribution in [0.5, 0.6) is 0 Å². The molecule has 0 aromatic heterocycles. The topological polar surface area (TPSA) is 46.1 Å². The second kappa shape index (κ2) is 5.80. The molecule has 0 bridgehead atoms. The predicted octanol–water partition coefficient (Wildman–Crippen LogP) is 3.13. The molecular formula is C14H14O2S2. The largest absolute Gasteiger partial charge is 0.566 e. The van der Waals surface area contributed by atoms with Crippen molar-refractivity contribution in [2.24, 2.45) is 0 Å². The lowest BCUT2D eigenvalue weighted by molar-refractivity contribution is 0.582. The Hall–Kier alpha value is -0.940. The van der Waals surface area contributed by atoms with Crippen molar-refractivity contribution >= 4 is 20.4 Å². The third-order valence-corrected chi connectivity index (χ3v) is 6.13. The molecule has 0 saturated heterocycles. The molecule has 0 aliphatic rings. The summed E-state index contributed by atoms with van der Waals surface area (Å²) in [6.07, 6.45) is 0. The van der Waals surface area contributed by atoms with E-state index in [-0.39, 0.29) is 0 Å². The van der Waals surface area contributed by atoms with Gasteiger partial charge in [0.1, 0.15) is 0 Å². The van der Waals surface area contributed by atoms with Crippen molar-refractivity contribution in [3.05, 3.63) is 59.7 Å². The van der Waals surface area contributed by atoms with Crippen LogP contribution >= 0.6 is 0 Å². The van der Waals surface area contributed by atoms with Crippen molar-refractivity contribution in [2.45, 2.75) is 23.6 Å². The van der Waals surface area contributed by atoms with Gasteiger partial charge in [0.05, 0.1) is 0 Å². The SMILES string of the molecule is Cc1ccc([S+]([O-])[S+]([O-])c2ccc(C)cc2)cc1. The Morgan fingerprint density at radius 1 is 0.611 bits per heavy atom. The van der Waals surface area contributed by atoms with E-state index in [4.69, 9.17) is 0 Å². The molecule has 0 radical (unpaired) electrons. The molecule has 94 valence electrons. The van der Waals surface area contributed by atoms with Crippen molar-refractivity contribution in [1.29, 1.82) is 0 Å². The monoisotopic (exact) mass is 278 g/mol. The van der Waals surface area contributed by atoms with Gasteiger partial charge in [-0.2, -0.15) is 0 Å². The third-order valence-electron chi connectivity index (χ3n) is 2.56. The molecule has 0 heterocycles. The average molecular weight is 278 g/mol. The van der Waals surface area contributed by atoms with Crippen LogP contribution in [0.1, 0.15) is 11.1 Å². The average Bonchev–Trinajstić information content (AvgIpc) is 2.39. The van der Waals surface area contributed by atoms with Gasteiger partial charge in [-0.3, -0.25) is 0 Å². The Bertz CT molecular complexity index is 459. The molecule has 2 nitrogen and oxygen atoms in total. The lowest BCUT2D eigenvalue weighted by atomic mass is 10.2. The fraction of sp³-hybridized carbons (Fsp3) is 0.143. The first kappa shape index (κ1) is 13.5. The normalized spacial score (nSPS) is 14.2. The predicted molar refractivity (Wildman–Crippen MR) is 75.2 cm³/mol. The summed E-state index contributed by atoms with van der Waals surface area (Å²) in [7, 11) is -3.04. The molecule has 0 aliphatic heterocycles. The van der Waals surface area contributed by atoms with E-state index in [1.807, 2.05) is 38.1 Å². The van der Waals surface area contributed by atoms with Crippen molar-refractivity contribution in [3.8, 4) is 0 Å². The van der Waals surface area contributed by atoms with E-state index in [2.05, 4.69) is 0 Å². The highest BCUT2D eigenvalue weighted by molar-refractivity contribution is 8.67. The van der Waals surface area contributed by atoms with E-state index in [0.29, 0.717) is 9.79 Å². The molecule has 0 amide bonds. The summed E-state index contributed by atoms with van der Waals surface area (Å²) < 4.78 is 24.3. The second-order valence-electron chi connectivity index (χ2n) is 4.10. The van der Waals surface area contributed by atoms with Crippen LogP contribution in [0.2, 0.25) is 0 Å².